The third-order valence-electron chi connectivity index (χ3n) is 8.45. The Kier molecular flexibility index (Phi) is 4.50. The predicted molar refractivity (Wildman–Crippen MR) is 82.5 cm³/mol. The molecule has 0 aromatic rings. The van der Waals surface area contributed by atoms with E-state index in [1.54, 1.807) is 6.92 Å². The molecular weight excluding hydrogens is 613 g/mol. The van der Waals surface area contributed by atoms with E-state index < -0.39 is 52.7 Å². The number of carbonyl (C=O) groups is 3. The van der Waals surface area contributed by atoms with E-state index in [2.05, 4.69) is 13.8 Å². The average molecular weight is 633 g/mol. The second-order valence-electron chi connectivity index (χ2n) is 8.77. The van der Waals surface area contributed by atoms with Gasteiger partial charge >= 0.3 is 11.9 Å². The van der Waals surface area contributed by atoms with Gasteiger partial charge in [-0.3, -0.25) is 14.4 Å². The van der Waals surface area contributed by atoms with Crippen molar-refractivity contribution in [3.05, 3.63) is 12.3 Å². The molecule has 7 nitrogen and oxygen atoms in total. The first kappa shape index (κ1) is 21.4. The van der Waals surface area contributed by atoms with E-state index in [-0.39, 0.29) is 77.5 Å². The minimum Gasteiger partial charge on any atom is -0.528 e. The molecule has 9 heteroatoms. The van der Waals surface area contributed by atoms with Gasteiger partial charge in [0.05, 0.1) is 12.0 Å². The molecule has 10 atom stereocenters. The Morgan fingerprint density at radius 2 is 1.68 bits per heavy atom. The Morgan fingerprint density at radius 1 is 1.00 bits per heavy atom. The third-order valence-corrected chi connectivity index (χ3v) is 8.45. The molecule has 0 amide bonds. The van der Waals surface area contributed by atoms with Crippen molar-refractivity contribution in [3.63, 3.8) is 0 Å². The molecule has 6 fully saturated rings. The first-order valence-electron chi connectivity index (χ1n) is 9.28. The largest absolute Gasteiger partial charge is 0.528 e. The van der Waals surface area contributed by atoms with E-state index in [9.17, 15) is 14.4 Å². The number of ether oxygens (including phenoxy) is 4. The zero-order valence-electron chi connectivity index (χ0n) is 16.0. The van der Waals surface area contributed by atoms with Crippen LogP contribution in [-0.2, 0) is 87.1 Å². The smallest absolute Gasteiger partial charge is 0.311 e. The van der Waals surface area contributed by atoms with Crippen molar-refractivity contribution in [2.45, 2.75) is 51.8 Å². The standard InChI is InChI=1S/C19H20O7.W.Y/c1-6-8(3)18-9(4)14(21)25-16(18)26-19-11-7(2)13(20)23-10(11)5-17(18,19)12(6)24-15(19)22;;/h5-10,12,16H,1-4H3;;/q-2;;/t6-,7-,8+,9-,10?,12?,16-,17?,18?,19+;;/m0../s1. The summed E-state index contributed by atoms with van der Waals surface area (Å²) in [5.41, 5.74) is -2.95. The zero-order valence-corrected chi connectivity index (χ0v) is 21.7. The molecule has 1 radical (unpaired) electrons. The Hall–Kier alpha value is 0.162. The summed E-state index contributed by atoms with van der Waals surface area (Å²) in [6.07, 6.45) is 0.132. The maximum Gasteiger partial charge on any atom is 0.311 e. The number of hydrogen-bond donors (Lipinski definition) is 0. The molecule has 4 unspecified atom stereocenters. The van der Waals surface area contributed by atoms with Crippen molar-refractivity contribution in [2.24, 2.45) is 34.5 Å². The van der Waals surface area contributed by atoms with Gasteiger partial charge < -0.3 is 25.4 Å². The van der Waals surface area contributed by atoms with Crippen LogP contribution in [0.4, 0.5) is 0 Å². The van der Waals surface area contributed by atoms with Crippen molar-refractivity contribution < 1.29 is 87.1 Å². The zero-order chi connectivity index (χ0) is 18.4. The van der Waals surface area contributed by atoms with Gasteiger partial charge in [-0.15, -0.1) is 6.10 Å². The van der Waals surface area contributed by atoms with Crippen molar-refractivity contribution >= 4 is 17.9 Å². The normalized spacial score (nSPS) is 57.4. The van der Waals surface area contributed by atoms with Gasteiger partial charge in [0.25, 0.3) is 5.97 Å². The van der Waals surface area contributed by atoms with Crippen LogP contribution in [0.25, 0.3) is 0 Å². The fourth-order valence-corrected chi connectivity index (χ4v) is 7.41. The summed E-state index contributed by atoms with van der Waals surface area (Å²) in [5.74, 6) is -1.45. The molecule has 0 aromatic carbocycles. The van der Waals surface area contributed by atoms with Gasteiger partial charge in [0.1, 0.15) is 0 Å². The van der Waals surface area contributed by atoms with E-state index in [1.165, 1.54) is 0 Å². The maximum atomic E-state index is 13.2. The summed E-state index contributed by atoms with van der Waals surface area (Å²) in [6.45, 7) is 7.72. The predicted octanol–water partition coefficient (Wildman–Crippen LogP) is 0.807. The first-order valence-corrected chi connectivity index (χ1v) is 9.28. The fourth-order valence-electron chi connectivity index (χ4n) is 7.41. The molecule has 0 N–H and O–H groups in total. The van der Waals surface area contributed by atoms with Crippen molar-refractivity contribution in [2.75, 3.05) is 0 Å². The molecule has 2 aliphatic carbocycles. The quantitative estimate of drug-likeness (QED) is 0.222. The minimum absolute atomic E-state index is 0. The van der Waals surface area contributed by atoms with Crippen LogP contribution in [0.2, 0.25) is 0 Å². The topological polar surface area (TPSA) is 88.1 Å². The van der Waals surface area contributed by atoms with E-state index >= 15 is 0 Å². The molecule has 4 saturated heterocycles. The van der Waals surface area contributed by atoms with Gasteiger partial charge in [0, 0.05) is 64.8 Å². The van der Waals surface area contributed by atoms with Gasteiger partial charge in [-0.25, -0.2) is 5.92 Å². The summed E-state index contributed by atoms with van der Waals surface area (Å²) in [4.78, 5) is 37.9. The van der Waals surface area contributed by atoms with Crippen LogP contribution in [0.5, 0.6) is 0 Å². The van der Waals surface area contributed by atoms with Crippen LogP contribution in [0.3, 0.4) is 0 Å². The molecule has 0 bridgehead atoms. The van der Waals surface area contributed by atoms with Crippen LogP contribution >= 0.6 is 0 Å². The van der Waals surface area contributed by atoms with Gasteiger partial charge in [0.15, 0.2) is 0 Å². The van der Waals surface area contributed by atoms with Crippen LogP contribution in [0.15, 0.2) is 0 Å². The summed E-state index contributed by atoms with van der Waals surface area (Å²) < 4.78 is 23.4. The molecule has 4 aliphatic heterocycles. The third kappa shape index (κ3) is 1.65. The average Bonchev–Trinajstić information content (AvgIpc) is 3.28. The Bertz CT molecular complexity index is 805. The molecule has 4 heterocycles. The Balaban J connectivity index is 0.000000961. The molecule has 149 valence electrons. The molecule has 6 aliphatic rings. The second kappa shape index (κ2) is 5.89. The van der Waals surface area contributed by atoms with Gasteiger partial charge in [0.2, 0.25) is 6.29 Å². The fraction of sp³-hybridized carbons (Fsp3) is 0.737. The Morgan fingerprint density at radius 3 is 2.36 bits per heavy atom. The second-order valence-corrected chi connectivity index (χ2v) is 8.77. The molecule has 0 aromatic heterocycles. The summed E-state index contributed by atoms with van der Waals surface area (Å²) in [5, 5.41) is 0. The summed E-state index contributed by atoms with van der Waals surface area (Å²) in [6, 6.07) is 0. The van der Waals surface area contributed by atoms with Crippen LogP contribution < -0.4 is 0 Å². The van der Waals surface area contributed by atoms with Gasteiger partial charge in [-0.2, -0.15) is 0 Å². The number of rotatable bonds is 0. The summed E-state index contributed by atoms with van der Waals surface area (Å²) in [7, 11) is 0. The molecular formula is C19H20O7WY-2. The molecule has 28 heavy (non-hydrogen) atoms. The van der Waals surface area contributed by atoms with Crippen LogP contribution in [0, 0.1) is 46.8 Å². The molecule has 2 spiro atoms. The van der Waals surface area contributed by atoms with Crippen molar-refractivity contribution in [1.82, 2.24) is 0 Å². The van der Waals surface area contributed by atoms with E-state index in [0.717, 1.165) is 0 Å². The minimum atomic E-state index is -1.40. The Labute approximate surface area is 202 Å². The van der Waals surface area contributed by atoms with E-state index in [0.29, 0.717) is 5.92 Å². The number of esters is 3. The monoisotopic (exact) mass is 633 g/mol. The molecule has 6 rings (SSSR count). The van der Waals surface area contributed by atoms with Crippen molar-refractivity contribution in [3.8, 4) is 0 Å². The first-order chi connectivity index (χ1) is 12.2. The van der Waals surface area contributed by atoms with Gasteiger partial charge in [-0.1, -0.05) is 39.0 Å². The van der Waals surface area contributed by atoms with E-state index in [1.807, 2.05) is 13.3 Å². The SMILES string of the molecule is C[C@@H]1C(=O)OC2[CH-]C34C5OC(=O)[C@]3(O[C@@H]3OC(=O)[C@H](C)C34[C@H](C)[C@@H]5C)[C-]21.[W].[Y]. The maximum absolute atomic E-state index is 13.2. The van der Waals surface area contributed by atoms with Crippen LogP contribution in [-0.4, -0.2) is 42.0 Å². The summed E-state index contributed by atoms with van der Waals surface area (Å²) >= 11 is 0. The van der Waals surface area contributed by atoms with Gasteiger partial charge in [-0.05, 0) is 11.8 Å². The van der Waals surface area contributed by atoms with Crippen molar-refractivity contribution in [1.29, 1.82) is 0 Å². The number of fused-ring (bicyclic) bond motifs is 1. The van der Waals surface area contributed by atoms with Crippen LogP contribution in [0.1, 0.15) is 27.7 Å². The number of carbonyl (C=O) groups excluding carboxylic acids is 3. The molecule has 2 saturated carbocycles. The number of hydrogen-bond acceptors (Lipinski definition) is 7. The van der Waals surface area contributed by atoms with E-state index in [4.69, 9.17) is 18.9 Å².